The third kappa shape index (κ3) is 2.81. The van der Waals surface area contributed by atoms with Crippen molar-refractivity contribution in [2.45, 2.75) is 12.8 Å². The van der Waals surface area contributed by atoms with Gasteiger partial charge in [0.15, 0.2) is 11.5 Å². The second kappa shape index (κ2) is 5.83. The lowest BCUT2D eigenvalue weighted by Gasteiger charge is -2.13. The molecule has 0 spiro atoms. The van der Waals surface area contributed by atoms with Gasteiger partial charge in [0.25, 0.3) is 0 Å². The molecule has 0 saturated heterocycles. The predicted octanol–water partition coefficient (Wildman–Crippen LogP) is 3.03. The monoisotopic (exact) mass is 283 g/mol. The zero-order chi connectivity index (χ0) is 14.7. The van der Waals surface area contributed by atoms with Crippen molar-refractivity contribution in [2.75, 3.05) is 19.0 Å². The van der Waals surface area contributed by atoms with E-state index in [2.05, 4.69) is 33.5 Å². The van der Waals surface area contributed by atoms with Crippen molar-refractivity contribution in [2.24, 2.45) is 0 Å². The molecule has 0 unspecified atom stereocenters. The van der Waals surface area contributed by atoms with E-state index in [1.165, 1.54) is 19.0 Å². The van der Waals surface area contributed by atoms with Crippen LogP contribution in [-0.2, 0) is 0 Å². The van der Waals surface area contributed by atoms with E-state index in [9.17, 15) is 5.11 Å². The number of methoxy groups -OCH3 is 1. The van der Waals surface area contributed by atoms with Crippen molar-refractivity contribution >= 4 is 16.7 Å². The number of hydrogen-bond acceptors (Lipinski definition) is 5. The summed E-state index contributed by atoms with van der Waals surface area (Å²) in [4.78, 5) is 8.49. The summed E-state index contributed by atoms with van der Waals surface area (Å²) < 4.78 is 5.10. The second-order valence-electron chi connectivity index (χ2n) is 4.91. The maximum atomic E-state index is 9.92. The van der Waals surface area contributed by atoms with Crippen molar-refractivity contribution in [1.82, 2.24) is 9.97 Å². The van der Waals surface area contributed by atoms with Crippen molar-refractivity contribution in [3.8, 4) is 11.5 Å². The van der Waals surface area contributed by atoms with Crippen LogP contribution in [0.15, 0.2) is 42.3 Å². The van der Waals surface area contributed by atoms with Crippen LogP contribution in [0.1, 0.15) is 12.8 Å². The molecule has 5 heteroatoms. The van der Waals surface area contributed by atoms with Crippen LogP contribution in [0.25, 0.3) is 10.9 Å². The molecule has 0 atom stereocenters. The van der Waals surface area contributed by atoms with Gasteiger partial charge in [-0.05, 0) is 18.9 Å². The van der Waals surface area contributed by atoms with Crippen molar-refractivity contribution in [3.63, 3.8) is 0 Å². The van der Waals surface area contributed by atoms with Gasteiger partial charge < -0.3 is 15.2 Å². The standard InChI is InChI=1S/C16H17N3O2/c1-21-15-8-13-12(7-14(15)20)16(19-10-18-13)17-9-11-5-3-2-4-6-11/h2-3,5,7-8,10,20H,4,6,9H2,1H3,(H,17,18,19). The van der Waals surface area contributed by atoms with Crippen LogP contribution in [0.3, 0.4) is 0 Å². The molecule has 108 valence electrons. The quantitative estimate of drug-likeness (QED) is 0.902. The lowest BCUT2D eigenvalue weighted by molar-refractivity contribution is 0.374. The Kier molecular flexibility index (Phi) is 3.73. The number of nitrogens with one attached hydrogen (secondary N) is 1. The van der Waals surface area contributed by atoms with Crippen LogP contribution in [0.4, 0.5) is 5.82 Å². The molecule has 3 rings (SSSR count). The highest BCUT2D eigenvalue weighted by Gasteiger charge is 2.10. The van der Waals surface area contributed by atoms with Gasteiger partial charge in [-0.2, -0.15) is 0 Å². The predicted molar refractivity (Wildman–Crippen MR) is 82.7 cm³/mol. The van der Waals surface area contributed by atoms with Crippen LogP contribution in [0.2, 0.25) is 0 Å². The average molecular weight is 283 g/mol. The van der Waals surface area contributed by atoms with Gasteiger partial charge in [0.2, 0.25) is 0 Å². The Morgan fingerprint density at radius 3 is 3.00 bits per heavy atom. The highest BCUT2D eigenvalue weighted by Crippen LogP contribution is 2.32. The lowest BCUT2D eigenvalue weighted by Crippen LogP contribution is -2.08. The first kappa shape index (κ1) is 13.4. The number of benzene rings is 1. The zero-order valence-electron chi connectivity index (χ0n) is 11.8. The molecule has 5 nitrogen and oxygen atoms in total. The summed E-state index contributed by atoms with van der Waals surface area (Å²) in [6, 6.07) is 3.34. The number of nitrogens with zero attached hydrogens (tertiary/aromatic N) is 2. The Morgan fingerprint density at radius 2 is 2.24 bits per heavy atom. The minimum atomic E-state index is 0.0858. The molecule has 21 heavy (non-hydrogen) atoms. The van der Waals surface area contributed by atoms with E-state index >= 15 is 0 Å². The molecule has 2 N–H and O–H groups in total. The minimum absolute atomic E-state index is 0.0858. The molecule has 0 radical (unpaired) electrons. The molecule has 1 aromatic heterocycles. The summed E-state index contributed by atoms with van der Waals surface area (Å²) >= 11 is 0. The third-order valence-electron chi connectivity index (χ3n) is 3.52. The number of phenolic OH excluding ortho intramolecular Hbond substituents is 1. The van der Waals surface area contributed by atoms with E-state index in [1.807, 2.05) is 0 Å². The minimum Gasteiger partial charge on any atom is -0.504 e. The van der Waals surface area contributed by atoms with Gasteiger partial charge in [0.1, 0.15) is 12.1 Å². The summed E-state index contributed by atoms with van der Waals surface area (Å²) in [6.45, 7) is 0.739. The van der Waals surface area contributed by atoms with Crippen molar-refractivity contribution < 1.29 is 9.84 Å². The fraction of sp³-hybridized carbons (Fsp3) is 0.250. The number of anilines is 1. The summed E-state index contributed by atoms with van der Waals surface area (Å²) in [5.41, 5.74) is 2.07. The average Bonchev–Trinajstić information content (AvgIpc) is 2.53. The van der Waals surface area contributed by atoms with Crippen LogP contribution in [0, 0.1) is 0 Å². The second-order valence-corrected chi connectivity index (χ2v) is 4.91. The number of hydrogen-bond donors (Lipinski definition) is 2. The topological polar surface area (TPSA) is 67.3 Å². The zero-order valence-corrected chi connectivity index (χ0v) is 11.8. The number of phenols is 1. The Hall–Kier alpha value is -2.56. The van der Waals surface area contributed by atoms with Gasteiger partial charge >= 0.3 is 0 Å². The first-order valence-electron chi connectivity index (χ1n) is 6.88. The smallest absolute Gasteiger partial charge is 0.162 e. The van der Waals surface area contributed by atoms with Gasteiger partial charge in [-0.1, -0.05) is 23.8 Å². The number of ether oxygens (including phenoxy) is 1. The van der Waals surface area contributed by atoms with Crippen LogP contribution >= 0.6 is 0 Å². The van der Waals surface area contributed by atoms with E-state index in [1.54, 1.807) is 12.1 Å². The lowest BCUT2D eigenvalue weighted by atomic mass is 10.1. The number of allylic oxidation sites excluding steroid dienone is 3. The molecular weight excluding hydrogens is 266 g/mol. The fourth-order valence-electron chi connectivity index (χ4n) is 2.37. The van der Waals surface area contributed by atoms with Gasteiger partial charge in [-0.3, -0.25) is 0 Å². The van der Waals surface area contributed by atoms with Crippen LogP contribution in [-0.4, -0.2) is 28.7 Å². The van der Waals surface area contributed by atoms with E-state index in [0.717, 1.165) is 30.3 Å². The van der Waals surface area contributed by atoms with Gasteiger partial charge in [-0.15, -0.1) is 0 Å². The Labute approximate surface area is 123 Å². The van der Waals surface area contributed by atoms with Crippen LogP contribution in [0.5, 0.6) is 11.5 Å². The summed E-state index contributed by atoms with van der Waals surface area (Å²) in [5, 5.41) is 14.0. The molecule has 0 amide bonds. The Balaban J connectivity index is 1.89. The highest BCUT2D eigenvalue weighted by atomic mass is 16.5. The molecule has 1 aromatic carbocycles. The Bertz CT molecular complexity index is 723. The molecule has 1 aliphatic rings. The van der Waals surface area contributed by atoms with E-state index in [4.69, 9.17) is 4.74 Å². The van der Waals surface area contributed by atoms with E-state index in [0.29, 0.717) is 11.6 Å². The first-order valence-corrected chi connectivity index (χ1v) is 6.88. The number of aromatic nitrogens is 2. The fourth-order valence-corrected chi connectivity index (χ4v) is 2.37. The molecule has 0 aliphatic heterocycles. The van der Waals surface area contributed by atoms with Gasteiger partial charge in [0, 0.05) is 18.0 Å². The SMILES string of the molecule is COc1cc2ncnc(NCC3=CC=CCC3)c2cc1O. The maximum absolute atomic E-state index is 9.92. The van der Waals surface area contributed by atoms with E-state index < -0.39 is 0 Å². The number of fused-ring (bicyclic) bond motifs is 1. The van der Waals surface area contributed by atoms with Crippen molar-refractivity contribution in [3.05, 3.63) is 42.3 Å². The van der Waals surface area contributed by atoms with Crippen LogP contribution < -0.4 is 10.1 Å². The molecule has 0 fully saturated rings. The molecule has 1 heterocycles. The molecular formula is C16H17N3O2. The third-order valence-corrected chi connectivity index (χ3v) is 3.52. The van der Waals surface area contributed by atoms with E-state index in [-0.39, 0.29) is 5.75 Å². The summed E-state index contributed by atoms with van der Waals surface area (Å²) in [5.74, 6) is 1.21. The largest absolute Gasteiger partial charge is 0.504 e. The molecule has 0 bridgehead atoms. The summed E-state index contributed by atoms with van der Waals surface area (Å²) in [6.07, 6.45) is 10.0. The van der Waals surface area contributed by atoms with Gasteiger partial charge in [-0.25, -0.2) is 9.97 Å². The normalized spacial score (nSPS) is 14.0. The van der Waals surface area contributed by atoms with Gasteiger partial charge in [0.05, 0.1) is 12.6 Å². The number of aromatic hydroxyl groups is 1. The molecule has 2 aromatic rings. The molecule has 1 aliphatic carbocycles. The highest BCUT2D eigenvalue weighted by molar-refractivity contribution is 5.91. The molecule has 0 saturated carbocycles. The number of rotatable bonds is 4. The maximum Gasteiger partial charge on any atom is 0.162 e. The Morgan fingerprint density at radius 1 is 1.33 bits per heavy atom. The van der Waals surface area contributed by atoms with Crippen molar-refractivity contribution in [1.29, 1.82) is 0 Å². The summed E-state index contributed by atoms with van der Waals surface area (Å²) in [7, 11) is 1.52. The first-order chi connectivity index (χ1) is 10.3.